The van der Waals surface area contributed by atoms with E-state index in [1.807, 2.05) is 25.1 Å². The first-order valence-corrected chi connectivity index (χ1v) is 5.94. The van der Waals surface area contributed by atoms with Crippen molar-refractivity contribution >= 4 is 11.6 Å². The average molecular weight is 242 g/mol. The topological polar surface area (TPSA) is 35.2 Å². The molecule has 0 bridgehead atoms. The number of benzene rings is 1. The molecule has 0 saturated carbocycles. The SMILES string of the molecule is CCC(C)C(C)(N)c1ccc(Cl)c(OC)c1. The first kappa shape index (κ1) is 13.3. The fourth-order valence-electron chi connectivity index (χ4n) is 1.70. The van der Waals surface area contributed by atoms with Crippen molar-refractivity contribution in [3.05, 3.63) is 28.8 Å². The quantitative estimate of drug-likeness (QED) is 0.875. The van der Waals surface area contributed by atoms with Gasteiger partial charge in [0.25, 0.3) is 0 Å². The van der Waals surface area contributed by atoms with E-state index >= 15 is 0 Å². The maximum Gasteiger partial charge on any atom is 0.137 e. The molecule has 0 heterocycles. The second-order valence-corrected chi connectivity index (χ2v) is 4.85. The minimum Gasteiger partial charge on any atom is -0.495 e. The van der Waals surface area contributed by atoms with Gasteiger partial charge in [-0.05, 0) is 30.5 Å². The lowest BCUT2D eigenvalue weighted by Gasteiger charge is -2.32. The Labute approximate surface area is 103 Å². The second-order valence-electron chi connectivity index (χ2n) is 4.44. The number of hydrogen-bond donors (Lipinski definition) is 1. The molecule has 2 N–H and O–H groups in total. The van der Waals surface area contributed by atoms with Gasteiger partial charge in [0.1, 0.15) is 5.75 Å². The highest BCUT2D eigenvalue weighted by Gasteiger charge is 2.27. The van der Waals surface area contributed by atoms with Crippen LogP contribution in [0.5, 0.6) is 5.75 Å². The largest absolute Gasteiger partial charge is 0.495 e. The van der Waals surface area contributed by atoms with E-state index in [9.17, 15) is 0 Å². The van der Waals surface area contributed by atoms with Crippen LogP contribution in [0, 0.1) is 5.92 Å². The van der Waals surface area contributed by atoms with Crippen molar-refractivity contribution in [2.75, 3.05) is 7.11 Å². The molecular formula is C13H20ClNO. The Kier molecular flexibility index (Phi) is 4.22. The molecule has 2 atom stereocenters. The zero-order valence-corrected chi connectivity index (χ0v) is 11.1. The van der Waals surface area contributed by atoms with E-state index in [1.165, 1.54) is 0 Å². The van der Waals surface area contributed by atoms with E-state index in [-0.39, 0.29) is 5.54 Å². The number of ether oxygens (including phenoxy) is 1. The molecule has 90 valence electrons. The van der Waals surface area contributed by atoms with Crippen molar-refractivity contribution in [3.8, 4) is 5.75 Å². The monoisotopic (exact) mass is 241 g/mol. The predicted molar refractivity (Wildman–Crippen MR) is 69.0 cm³/mol. The molecule has 0 amide bonds. The average Bonchev–Trinajstić information content (AvgIpc) is 2.28. The third-order valence-corrected chi connectivity index (χ3v) is 3.72. The van der Waals surface area contributed by atoms with E-state index in [0.717, 1.165) is 12.0 Å². The number of methoxy groups -OCH3 is 1. The van der Waals surface area contributed by atoms with Crippen molar-refractivity contribution < 1.29 is 4.74 Å². The molecule has 1 rings (SSSR count). The van der Waals surface area contributed by atoms with Gasteiger partial charge in [-0.2, -0.15) is 0 Å². The maximum atomic E-state index is 6.37. The number of hydrogen-bond acceptors (Lipinski definition) is 2. The van der Waals surface area contributed by atoms with Gasteiger partial charge >= 0.3 is 0 Å². The summed E-state index contributed by atoms with van der Waals surface area (Å²) in [6, 6.07) is 5.73. The standard InChI is InChI=1S/C13H20ClNO/c1-5-9(2)13(3,15)10-6-7-11(14)12(8-10)16-4/h6-9H,5,15H2,1-4H3. The van der Waals surface area contributed by atoms with E-state index in [4.69, 9.17) is 22.1 Å². The Morgan fingerprint density at radius 1 is 1.50 bits per heavy atom. The van der Waals surface area contributed by atoms with Gasteiger partial charge in [0, 0.05) is 5.54 Å². The number of nitrogens with two attached hydrogens (primary N) is 1. The summed E-state index contributed by atoms with van der Waals surface area (Å²) in [7, 11) is 1.61. The Balaban J connectivity index is 3.13. The summed E-state index contributed by atoms with van der Waals surface area (Å²) in [5.74, 6) is 1.08. The first-order chi connectivity index (χ1) is 7.43. The molecule has 0 spiro atoms. The molecule has 0 radical (unpaired) electrons. The van der Waals surface area contributed by atoms with Gasteiger partial charge in [-0.1, -0.05) is 37.9 Å². The molecular weight excluding hydrogens is 222 g/mol. The van der Waals surface area contributed by atoms with Crippen LogP contribution in [0.25, 0.3) is 0 Å². The molecule has 0 aliphatic carbocycles. The Hall–Kier alpha value is -0.730. The first-order valence-electron chi connectivity index (χ1n) is 5.56. The molecule has 1 aromatic rings. The van der Waals surface area contributed by atoms with Crippen LogP contribution in [0.3, 0.4) is 0 Å². The lowest BCUT2D eigenvalue weighted by molar-refractivity contribution is 0.314. The third-order valence-electron chi connectivity index (χ3n) is 3.41. The Morgan fingerprint density at radius 3 is 2.62 bits per heavy atom. The van der Waals surface area contributed by atoms with Crippen molar-refractivity contribution in [3.63, 3.8) is 0 Å². The summed E-state index contributed by atoms with van der Waals surface area (Å²) in [6.07, 6.45) is 1.04. The van der Waals surface area contributed by atoms with Crippen molar-refractivity contribution in [1.29, 1.82) is 0 Å². The van der Waals surface area contributed by atoms with Gasteiger partial charge in [0.15, 0.2) is 0 Å². The highest BCUT2D eigenvalue weighted by molar-refractivity contribution is 6.32. The van der Waals surface area contributed by atoms with Gasteiger partial charge in [-0.15, -0.1) is 0 Å². The molecule has 0 aromatic heterocycles. The van der Waals surface area contributed by atoms with E-state index < -0.39 is 0 Å². The normalized spacial score (nSPS) is 16.6. The Morgan fingerprint density at radius 2 is 2.12 bits per heavy atom. The van der Waals surface area contributed by atoms with Crippen LogP contribution < -0.4 is 10.5 Å². The molecule has 0 aliphatic heterocycles. The molecule has 0 fully saturated rings. The number of rotatable bonds is 4. The van der Waals surface area contributed by atoms with Gasteiger partial charge in [0.2, 0.25) is 0 Å². The minimum atomic E-state index is -0.355. The fourth-order valence-corrected chi connectivity index (χ4v) is 1.90. The molecule has 0 saturated heterocycles. The zero-order chi connectivity index (χ0) is 12.3. The molecule has 2 unspecified atom stereocenters. The predicted octanol–water partition coefficient (Wildman–Crippen LogP) is 3.57. The maximum absolute atomic E-state index is 6.37. The van der Waals surface area contributed by atoms with E-state index in [0.29, 0.717) is 16.7 Å². The summed E-state index contributed by atoms with van der Waals surface area (Å²) < 4.78 is 5.21. The summed E-state index contributed by atoms with van der Waals surface area (Å²) >= 11 is 5.99. The number of halogens is 1. The van der Waals surface area contributed by atoms with Gasteiger partial charge in [-0.25, -0.2) is 0 Å². The second kappa shape index (κ2) is 5.07. The van der Waals surface area contributed by atoms with Crippen molar-refractivity contribution in [1.82, 2.24) is 0 Å². The third kappa shape index (κ3) is 2.50. The van der Waals surface area contributed by atoms with Crippen LogP contribution in [0.4, 0.5) is 0 Å². The van der Waals surface area contributed by atoms with Crippen molar-refractivity contribution in [2.24, 2.45) is 11.7 Å². The summed E-state index contributed by atoms with van der Waals surface area (Å²) in [4.78, 5) is 0. The minimum absolute atomic E-state index is 0.355. The molecule has 2 nitrogen and oxygen atoms in total. The molecule has 0 aliphatic rings. The Bertz CT molecular complexity index is 363. The van der Waals surface area contributed by atoms with Crippen LogP contribution in [-0.4, -0.2) is 7.11 Å². The summed E-state index contributed by atoms with van der Waals surface area (Å²) in [5.41, 5.74) is 7.07. The van der Waals surface area contributed by atoms with Crippen LogP contribution in [-0.2, 0) is 5.54 Å². The van der Waals surface area contributed by atoms with Gasteiger partial charge < -0.3 is 10.5 Å². The van der Waals surface area contributed by atoms with Gasteiger partial charge in [0.05, 0.1) is 12.1 Å². The van der Waals surface area contributed by atoms with Crippen LogP contribution in [0.2, 0.25) is 5.02 Å². The van der Waals surface area contributed by atoms with E-state index in [2.05, 4.69) is 13.8 Å². The van der Waals surface area contributed by atoms with Gasteiger partial charge in [-0.3, -0.25) is 0 Å². The highest BCUT2D eigenvalue weighted by atomic mass is 35.5. The van der Waals surface area contributed by atoms with Crippen LogP contribution >= 0.6 is 11.6 Å². The lowest BCUT2D eigenvalue weighted by Crippen LogP contribution is -2.39. The van der Waals surface area contributed by atoms with Crippen LogP contribution in [0.1, 0.15) is 32.8 Å². The summed E-state index contributed by atoms with van der Waals surface area (Å²) in [5, 5.41) is 0.617. The zero-order valence-electron chi connectivity index (χ0n) is 10.4. The molecule has 1 aromatic carbocycles. The molecule has 3 heteroatoms. The summed E-state index contributed by atoms with van der Waals surface area (Å²) in [6.45, 7) is 6.34. The van der Waals surface area contributed by atoms with Crippen LogP contribution in [0.15, 0.2) is 18.2 Å². The molecule has 16 heavy (non-hydrogen) atoms. The smallest absolute Gasteiger partial charge is 0.137 e. The van der Waals surface area contributed by atoms with E-state index in [1.54, 1.807) is 7.11 Å². The van der Waals surface area contributed by atoms with Crippen molar-refractivity contribution in [2.45, 2.75) is 32.7 Å². The highest BCUT2D eigenvalue weighted by Crippen LogP contribution is 2.33. The fraction of sp³-hybridized carbons (Fsp3) is 0.538. The lowest BCUT2D eigenvalue weighted by atomic mass is 9.80.